The summed E-state index contributed by atoms with van der Waals surface area (Å²) < 4.78 is 26.4. The predicted octanol–water partition coefficient (Wildman–Crippen LogP) is 2.16. The number of anilines is 1. The molecule has 0 aliphatic rings. The number of rotatable bonds is 4. The van der Waals surface area contributed by atoms with Crippen LogP contribution >= 0.6 is 12.2 Å². The van der Waals surface area contributed by atoms with Gasteiger partial charge in [0.1, 0.15) is 11.9 Å². The number of hydrogen-bond acceptors (Lipinski definition) is 4. The maximum atomic E-state index is 13.4. The minimum Gasteiger partial charge on any atom is -0.362 e. The first-order valence-corrected chi connectivity index (χ1v) is 6.71. The molecule has 0 aliphatic heterocycles. The molecule has 0 amide bonds. The lowest BCUT2D eigenvalue weighted by molar-refractivity contribution is 0.491. The second kappa shape index (κ2) is 7.38. The maximum absolute atomic E-state index is 13.4. The molecule has 2 aromatic rings. The summed E-state index contributed by atoms with van der Waals surface area (Å²) in [5.74, 6) is -1.56. The van der Waals surface area contributed by atoms with Crippen LogP contribution in [0.4, 0.5) is 14.6 Å². The fourth-order valence-electron chi connectivity index (χ4n) is 1.68. The minimum atomic E-state index is -0.959. The molecule has 0 aromatic carbocycles. The lowest BCUT2D eigenvalue weighted by Gasteiger charge is -2.10. The summed E-state index contributed by atoms with van der Waals surface area (Å²) in [5.41, 5.74) is 0.371. The predicted molar refractivity (Wildman–Crippen MR) is 81.0 cm³/mol. The molecule has 2 rings (SSSR count). The molecule has 0 saturated heterocycles. The zero-order valence-electron chi connectivity index (χ0n) is 11.3. The smallest absolute Gasteiger partial charge is 0.180 e. The van der Waals surface area contributed by atoms with Gasteiger partial charge in [0.15, 0.2) is 16.7 Å². The van der Waals surface area contributed by atoms with Gasteiger partial charge in [-0.3, -0.25) is 4.98 Å². The summed E-state index contributed by atoms with van der Waals surface area (Å²) in [5, 5.41) is 14.8. The quantitative estimate of drug-likeness (QED) is 0.841. The molecule has 0 saturated carbocycles. The molecule has 2 heterocycles. The van der Waals surface area contributed by atoms with E-state index >= 15 is 0 Å². The molecule has 22 heavy (non-hydrogen) atoms. The van der Waals surface area contributed by atoms with Crippen LogP contribution in [0.2, 0.25) is 0 Å². The SMILES string of the molecule is N#Cc1cccnc1NC(=S)NCCc1nccc(F)c1F. The van der Waals surface area contributed by atoms with Crippen LogP contribution in [0.25, 0.3) is 0 Å². The normalized spacial score (nSPS) is 9.86. The Kier molecular flexibility index (Phi) is 5.27. The van der Waals surface area contributed by atoms with Crippen molar-refractivity contribution in [2.24, 2.45) is 0 Å². The molecule has 2 aromatic heterocycles. The van der Waals surface area contributed by atoms with E-state index in [0.29, 0.717) is 11.4 Å². The molecule has 0 aliphatic carbocycles. The minimum absolute atomic E-state index is 0.0193. The Morgan fingerprint density at radius 2 is 2.09 bits per heavy atom. The topological polar surface area (TPSA) is 73.6 Å². The summed E-state index contributed by atoms with van der Waals surface area (Å²) in [7, 11) is 0. The zero-order valence-corrected chi connectivity index (χ0v) is 12.1. The lowest BCUT2D eigenvalue weighted by Crippen LogP contribution is -2.31. The fraction of sp³-hybridized carbons (Fsp3) is 0.143. The van der Waals surface area contributed by atoms with Crippen LogP contribution in [0.3, 0.4) is 0 Å². The van der Waals surface area contributed by atoms with Gasteiger partial charge in [0.05, 0.1) is 11.3 Å². The molecule has 2 N–H and O–H groups in total. The van der Waals surface area contributed by atoms with Gasteiger partial charge in [-0.1, -0.05) is 0 Å². The van der Waals surface area contributed by atoms with E-state index in [4.69, 9.17) is 17.5 Å². The van der Waals surface area contributed by atoms with Crippen LogP contribution in [-0.2, 0) is 6.42 Å². The van der Waals surface area contributed by atoms with E-state index in [-0.39, 0.29) is 23.8 Å². The Morgan fingerprint density at radius 3 is 2.86 bits per heavy atom. The van der Waals surface area contributed by atoms with Crippen LogP contribution in [0.1, 0.15) is 11.3 Å². The van der Waals surface area contributed by atoms with Crippen molar-refractivity contribution in [2.75, 3.05) is 11.9 Å². The summed E-state index contributed by atoms with van der Waals surface area (Å²) in [6.07, 6.45) is 2.90. The summed E-state index contributed by atoms with van der Waals surface area (Å²) in [4.78, 5) is 7.77. The molecule has 112 valence electrons. The van der Waals surface area contributed by atoms with Crippen molar-refractivity contribution in [3.63, 3.8) is 0 Å². The van der Waals surface area contributed by atoms with Gasteiger partial charge in [0.25, 0.3) is 0 Å². The third kappa shape index (κ3) is 3.93. The van der Waals surface area contributed by atoms with Crippen LogP contribution in [0.15, 0.2) is 30.6 Å². The van der Waals surface area contributed by atoms with Gasteiger partial charge in [0.2, 0.25) is 0 Å². The number of nitriles is 1. The first-order chi connectivity index (χ1) is 10.6. The van der Waals surface area contributed by atoms with Gasteiger partial charge in [-0.15, -0.1) is 0 Å². The molecule has 0 fully saturated rings. The highest BCUT2D eigenvalue weighted by Gasteiger charge is 2.09. The second-order valence-electron chi connectivity index (χ2n) is 4.20. The maximum Gasteiger partial charge on any atom is 0.180 e. The van der Waals surface area contributed by atoms with Crippen molar-refractivity contribution >= 4 is 23.1 Å². The average Bonchev–Trinajstić information content (AvgIpc) is 2.52. The van der Waals surface area contributed by atoms with Gasteiger partial charge in [0, 0.05) is 25.4 Å². The standard InChI is InChI=1S/C14H11F2N5S/c15-10-3-6-18-11(12(10)16)4-7-20-14(22)21-13-9(8-17)2-1-5-19-13/h1-3,5-6H,4,7H2,(H2,19,20,21,22). The van der Waals surface area contributed by atoms with Crippen molar-refractivity contribution in [3.8, 4) is 6.07 Å². The Bertz CT molecular complexity index is 729. The zero-order chi connectivity index (χ0) is 15.9. The van der Waals surface area contributed by atoms with E-state index in [9.17, 15) is 8.78 Å². The van der Waals surface area contributed by atoms with Crippen LogP contribution in [0.5, 0.6) is 0 Å². The summed E-state index contributed by atoms with van der Waals surface area (Å²) in [6, 6.07) is 6.18. The monoisotopic (exact) mass is 319 g/mol. The number of pyridine rings is 2. The van der Waals surface area contributed by atoms with Gasteiger partial charge in [-0.25, -0.2) is 13.8 Å². The van der Waals surface area contributed by atoms with Crippen molar-refractivity contribution in [3.05, 3.63) is 53.5 Å². The molecule has 5 nitrogen and oxygen atoms in total. The third-order valence-electron chi connectivity index (χ3n) is 2.72. The molecular formula is C14H11F2N5S. The van der Waals surface area contributed by atoms with Gasteiger partial charge >= 0.3 is 0 Å². The van der Waals surface area contributed by atoms with E-state index in [0.717, 1.165) is 6.07 Å². The van der Waals surface area contributed by atoms with Crippen molar-refractivity contribution in [2.45, 2.75) is 6.42 Å². The molecular weight excluding hydrogens is 308 g/mol. The Hall–Kier alpha value is -2.66. The van der Waals surface area contributed by atoms with Gasteiger partial charge < -0.3 is 10.6 Å². The highest BCUT2D eigenvalue weighted by Crippen LogP contribution is 2.10. The highest BCUT2D eigenvalue weighted by molar-refractivity contribution is 7.80. The van der Waals surface area contributed by atoms with E-state index in [1.54, 1.807) is 12.1 Å². The molecule has 0 unspecified atom stereocenters. The highest BCUT2D eigenvalue weighted by atomic mass is 32.1. The number of halogens is 2. The van der Waals surface area contributed by atoms with Gasteiger partial charge in [-0.05, 0) is 30.4 Å². The Labute approximate surface area is 131 Å². The van der Waals surface area contributed by atoms with Crippen LogP contribution in [0, 0.1) is 23.0 Å². The number of nitrogens with one attached hydrogen (secondary N) is 2. The van der Waals surface area contributed by atoms with E-state index in [2.05, 4.69) is 20.6 Å². The Morgan fingerprint density at radius 1 is 1.27 bits per heavy atom. The molecule has 0 radical (unpaired) electrons. The third-order valence-corrected chi connectivity index (χ3v) is 2.97. The Balaban J connectivity index is 1.88. The second-order valence-corrected chi connectivity index (χ2v) is 4.60. The first kappa shape index (κ1) is 15.7. The fourth-order valence-corrected chi connectivity index (χ4v) is 1.87. The number of hydrogen-bond donors (Lipinski definition) is 2. The largest absolute Gasteiger partial charge is 0.362 e. The van der Waals surface area contributed by atoms with E-state index in [1.165, 1.54) is 12.4 Å². The van der Waals surface area contributed by atoms with Crippen LogP contribution in [-0.4, -0.2) is 21.6 Å². The van der Waals surface area contributed by atoms with Crippen molar-refractivity contribution in [1.82, 2.24) is 15.3 Å². The van der Waals surface area contributed by atoms with E-state index < -0.39 is 11.6 Å². The number of aromatic nitrogens is 2. The number of nitrogens with zero attached hydrogens (tertiary/aromatic N) is 3. The van der Waals surface area contributed by atoms with Crippen molar-refractivity contribution in [1.29, 1.82) is 5.26 Å². The number of thiocarbonyl (C=S) groups is 1. The van der Waals surface area contributed by atoms with Gasteiger partial charge in [-0.2, -0.15) is 5.26 Å². The molecule has 0 bridgehead atoms. The molecule has 8 heteroatoms. The summed E-state index contributed by atoms with van der Waals surface area (Å²) >= 11 is 5.06. The molecule has 0 atom stereocenters. The molecule has 0 spiro atoms. The van der Waals surface area contributed by atoms with Crippen LogP contribution < -0.4 is 10.6 Å². The summed E-state index contributed by atoms with van der Waals surface area (Å²) in [6.45, 7) is 0.258. The van der Waals surface area contributed by atoms with Crippen molar-refractivity contribution < 1.29 is 8.78 Å². The first-order valence-electron chi connectivity index (χ1n) is 6.30. The van der Waals surface area contributed by atoms with E-state index in [1.807, 2.05) is 6.07 Å². The average molecular weight is 319 g/mol. The lowest BCUT2D eigenvalue weighted by atomic mass is 10.2.